The lowest BCUT2D eigenvalue weighted by Crippen LogP contribution is -2.12. The van der Waals surface area contributed by atoms with Gasteiger partial charge in [-0.25, -0.2) is 0 Å². The molecule has 0 aromatic carbocycles. The lowest BCUT2D eigenvalue weighted by molar-refractivity contribution is 0.291. The Balaban J connectivity index is 2.13. The number of allylic oxidation sites excluding steroid dienone is 5. The van der Waals surface area contributed by atoms with Crippen molar-refractivity contribution >= 4 is 0 Å². The van der Waals surface area contributed by atoms with E-state index in [1.54, 1.807) is 0 Å². The summed E-state index contributed by atoms with van der Waals surface area (Å²) in [7, 11) is 0. The third-order valence-corrected chi connectivity index (χ3v) is 5.17. The molecule has 1 aliphatic carbocycles. The molecule has 1 aliphatic heterocycles. The molecular weight excluding hydrogens is 272 g/mol. The minimum absolute atomic E-state index is 0.0530. The smallest absolute Gasteiger partial charge is 0.0923 e. The molecule has 2 atom stereocenters. The van der Waals surface area contributed by atoms with Crippen LogP contribution in [-0.2, 0) is 4.74 Å². The molecule has 0 aromatic heterocycles. The Labute approximate surface area is 136 Å². The van der Waals surface area contributed by atoms with E-state index < -0.39 is 0 Å². The summed E-state index contributed by atoms with van der Waals surface area (Å²) >= 11 is 0. The van der Waals surface area contributed by atoms with Crippen LogP contribution in [0.4, 0.5) is 0 Å². The highest BCUT2D eigenvalue weighted by Crippen LogP contribution is 2.44. The molecule has 2 aliphatic rings. The SMILES string of the molecule is CC1=CC=C(C(C)C)CCC2(C)OC2CCC(CO)=CCC1. The van der Waals surface area contributed by atoms with Crippen molar-refractivity contribution in [1.82, 2.24) is 0 Å². The van der Waals surface area contributed by atoms with Gasteiger partial charge in [0.25, 0.3) is 0 Å². The predicted molar refractivity (Wildman–Crippen MR) is 92.8 cm³/mol. The second-order valence-electron chi connectivity index (χ2n) is 7.43. The molecule has 2 rings (SSSR count). The summed E-state index contributed by atoms with van der Waals surface area (Å²) in [6.07, 6.45) is 13.5. The maximum absolute atomic E-state index is 9.49. The Morgan fingerprint density at radius 1 is 1.27 bits per heavy atom. The topological polar surface area (TPSA) is 32.8 Å². The van der Waals surface area contributed by atoms with Gasteiger partial charge in [0, 0.05) is 0 Å². The minimum Gasteiger partial charge on any atom is -0.392 e. The van der Waals surface area contributed by atoms with Crippen LogP contribution in [0.3, 0.4) is 0 Å². The summed E-state index contributed by atoms with van der Waals surface area (Å²) in [6, 6.07) is 0. The van der Waals surface area contributed by atoms with E-state index >= 15 is 0 Å². The largest absolute Gasteiger partial charge is 0.392 e. The molecule has 0 aromatic rings. The van der Waals surface area contributed by atoms with Crippen molar-refractivity contribution < 1.29 is 9.84 Å². The number of rotatable bonds is 2. The van der Waals surface area contributed by atoms with Crippen molar-refractivity contribution in [1.29, 1.82) is 0 Å². The van der Waals surface area contributed by atoms with E-state index in [0.29, 0.717) is 12.0 Å². The molecule has 0 bridgehead atoms. The van der Waals surface area contributed by atoms with E-state index in [4.69, 9.17) is 4.74 Å². The second-order valence-corrected chi connectivity index (χ2v) is 7.43. The molecule has 124 valence electrons. The maximum atomic E-state index is 9.49. The lowest BCUT2D eigenvalue weighted by atomic mass is 9.90. The van der Waals surface area contributed by atoms with Gasteiger partial charge >= 0.3 is 0 Å². The van der Waals surface area contributed by atoms with E-state index in [9.17, 15) is 5.11 Å². The van der Waals surface area contributed by atoms with Gasteiger partial charge in [-0.15, -0.1) is 0 Å². The van der Waals surface area contributed by atoms with Crippen LogP contribution in [0, 0.1) is 5.92 Å². The van der Waals surface area contributed by atoms with Gasteiger partial charge in [0.2, 0.25) is 0 Å². The maximum Gasteiger partial charge on any atom is 0.0923 e. The quantitative estimate of drug-likeness (QED) is 0.578. The summed E-state index contributed by atoms with van der Waals surface area (Å²) in [5, 5.41) is 9.49. The molecule has 1 saturated heterocycles. The Morgan fingerprint density at radius 3 is 2.73 bits per heavy atom. The van der Waals surface area contributed by atoms with Crippen LogP contribution >= 0.6 is 0 Å². The summed E-state index contributed by atoms with van der Waals surface area (Å²) in [6.45, 7) is 9.19. The molecule has 1 fully saturated rings. The lowest BCUT2D eigenvalue weighted by Gasteiger charge is -2.14. The number of ether oxygens (including phenoxy) is 1. The summed E-state index contributed by atoms with van der Waals surface area (Å²) in [5.41, 5.74) is 4.16. The third kappa shape index (κ3) is 4.82. The second kappa shape index (κ2) is 7.61. The van der Waals surface area contributed by atoms with Crippen LogP contribution in [0.1, 0.15) is 66.2 Å². The first-order valence-electron chi connectivity index (χ1n) is 8.77. The van der Waals surface area contributed by atoms with E-state index in [2.05, 4.69) is 45.9 Å². The molecule has 22 heavy (non-hydrogen) atoms. The number of hydrogen-bond acceptors (Lipinski definition) is 2. The molecule has 2 heteroatoms. The van der Waals surface area contributed by atoms with Crippen LogP contribution in [0.15, 0.2) is 34.9 Å². The van der Waals surface area contributed by atoms with Gasteiger partial charge in [-0.05, 0) is 63.9 Å². The summed E-state index contributed by atoms with van der Waals surface area (Å²) in [4.78, 5) is 0. The van der Waals surface area contributed by atoms with Gasteiger partial charge in [0.1, 0.15) is 0 Å². The minimum atomic E-state index is 0.0530. The van der Waals surface area contributed by atoms with Crippen LogP contribution in [0.2, 0.25) is 0 Å². The molecule has 2 unspecified atom stereocenters. The number of aliphatic hydroxyl groups excluding tert-OH is 1. The highest BCUT2D eigenvalue weighted by atomic mass is 16.6. The first kappa shape index (κ1) is 17.5. The van der Waals surface area contributed by atoms with Crippen molar-refractivity contribution in [2.24, 2.45) is 5.92 Å². The molecule has 1 heterocycles. The average molecular weight is 304 g/mol. The van der Waals surface area contributed by atoms with Crippen LogP contribution in [-0.4, -0.2) is 23.4 Å². The zero-order chi connectivity index (χ0) is 16.2. The first-order chi connectivity index (χ1) is 10.4. The fourth-order valence-electron chi connectivity index (χ4n) is 3.23. The molecule has 0 spiro atoms. The molecule has 0 saturated carbocycles. The third-order valence-electron chi connectivity index (χ3n) is 5.17. The average Bonchev–Trinajstić information content (AvgIpc) is 3.12. The normalized spacial score (nSPS) is 30.8. The number of fused-ring (bicyclic) bond motifs is 1. The van der Waals surface area contributed by atoms with Crippen LogP contribution in [0.5, 0.6) is 0 Å². The van der Waals surface area contributed by atoms with Gasteiger partial charge in [-0.2, -0.15) is 0 Å². The number of aliphatic hydroxyl groups is 1. The standard InChI is InChI=1S/C20H32O2/c1-15(2)18-10-8-16(3)6-5-7-17(14-21)9-11-19-20(4,22-19)13-12-18/h7-8,10,15,19,21H,5-6,9,11-14H2,1-4H3. The zero-order valence-electron chi connectivity index (χ0n) is 14.7. The summed E-state index contributed by atoms with van der Waals surface area (Å²) in [5.74, 6) is 0.596. The van der Waals surface area contributed by atoms with Crippen LogP contribution < -0.4 is 0 Å². The predicted octanol–water partition coefficient (Wildman–Crippen LogP) is 4.95. The van der Waals surface area contributed by atoms with Gasteiger partial charge in [0.15, 0.2) is 0 Å². The number of epoxide rings is 1. The summed E-state index contributed by atoms with van der Waals surface area (Å²) < 4.78 is 5.97. The van der Waals surface area contributed by atoms with Crippen molar-refractivity contribution in [2.45, 2.75) is 77.9 Å². The van der Waals surface area contributed by atoms with Crippen LogP contribution in [0.25, 0.3) is 0 Å². The number of hydrogen-bond donors (Lipinski definition) is 1. The molecule has 0 amide bonds. The van der Waals surface area contributed by atoms with Crippen molar-refractivity contribution in [2.75, 3.05) is 6.61 Å². The van der Waals surface area contributed by atoms with Gasteiger partial charge < -0.3 is 9.84 Å². The fraction of sp³-hybridized carbons (Fsp3) is 0.700. The van der Waals surface area contributed by atoms with Crippen molar-refractivity contribution in [3.05, 3.63) is 34.9 Å². The fourth-order valence-corrected chi connectivity index (χ4v) is 3.23. The van der Waals surface area contributed by atoms with E-state index in [1.807, 2.05) is 0 Å². The first-order valence-corrected chi connectivity index (χ1v) is 8.77. The highest BCUT2D eigenvalue weighted by Gasteiger charge is 2.50. The molecule has 2 nitrogen and oxygen atoms in total. The Hall–Kier alpha value is -0.860. The van der Waals surface area contributed by atoms with Gasteiger partial charge in [-0.1, -0.05) is 43.2 Å². The molecule has 0 radical (unpaired) electrons. The Morgan fingerprint density at radius 2 is 2.05 bits per heavy atom. The van der Waals surface area contributed by atoms with E-state index in [0.717, 1.165) is 38.5 Å². The van der Waals surface area contributed by atoms with E-state index in [1.165, 1.54) is 16.7 Å². The zero-order valence-corrected chi connectivity index (χ0v) is 14.7. The van der Waals surface area contributed by atoms with Gasteiger partial charge in [-0.3, -0.25) is 0 Å². The highest BCUT2D eigenvalue weighted by molar-refractivity contribution is 5.20. The van der Waals surface area contributed by atoms with Gasteiger partial charge in [0.05, 0.1) is 18.3 Å². The van der Waals surface area contributed by atoms with Crippen molar-refractivity contribution in [3.63, 3.8) is 0 Å². The van der Waals surface area contributed by atoms with E-state index in [-0.39, 0.29) is 12.2 Å². The molecular formula is C20H32O2. The van der Waals surface area contributed by atoms with Crippen molar-refractivity contribution in [3.8, 4) is 0 Å². The monoisotopic (exact) mass is 304 g/mol. The Kier molecular flexibility index (Phi) is 6.05. The molecule has 1 N–H and O–H groups in total. The Bertz CT molecular complexity index is 470.